The monoisotopic (exact) mass is 601 g/mol. The first-order chi connectivity index (χ1) is 20.4. The number of halogens is 1. The highest BCUT2D eigenvalue weighted by atomic mass is 28.4. The van der Waals surface area contributed by atoms with Crippen molar-refractivity contribution in [1.29, 1.82) is 0 Å². The van der Waals surface area contributed by atoms with E-state index in [-0.39, 0.29) is 17.5 Å². The SMILES string of the molecule is CC1(F)C(O)C(CO[Si](c2ccccc2)(c2ccccc2)C(C)(C)C)OC1n1ccc(NC(=O)c2ccccc2)nc1=O. The summed E-state index contributed by atoms with van der Waals surface area (Å²) in [5.41, 5.74) is -2.77. The minimum Gasteiger partial charge on any atom is -0.405 e. The summed E-state index contributed by atoms with van der Waals surface area (Å²) in [6.45, 7) is 7.46. The predicted molar refractivity (Wildman–Crippen MR) is 166 cm³/mol. The summed E-state index contributed by atoms with van der Waals surface area (Å²) in [5.74, 6) is -0.422. The number of aliphatic hydroxyl groups excluding tert-OH is 1. The summed E-state index contributed by atoms with van der Waals surface area (Å²) >= 11 is 0. The number of hydrogen-bond donors (Lipinski definition) is 2. The lowest BCUT2D eigenvalue weighted by Crippen LogP contribution is -2.67. The maximum atomic E-state index is 16.1. The van der Waals surface area contributed by atoms with Crippen LogP contribution in [0.1, 0.15) is 44.3 Å². The fraction of sp³-hybridized carbons (Fsp3) is 0.303. The molecule has 0 radical (unpaired) electrons. The molecule has 4 aromatic rings. The standard InChI is InChI=1S/C33H36FN3O5Si/c1-32(2,3)43(24-16-10-6-11-17-24,25-18-12-7-13-19-25)41-22-26-28(38)33(4,34)30(42-26)37-21-20-27(36-31(37)40)35-29(39)23-14-8-5-9-15-23/h5-21,26,28,30,38H,22H2,1-4H3,(H,35,36,39,40). The highest BCUT2D eigenvalue weighted by Gasteiger charge is 2.57. The molecule has 1 saturated heterocycles. The highest BCUT2D eigenvalue weighted by Crippen LogP contribution is 2.42. The molecule has 1 fully saturated rings. The number of amides is 1. The van der Waals surface area contributed by atoms with Gasteiger partial charge in [0, 0.05) is 11.8 Å². The number of carbonyl (C=O) groups is 1. The number of nitrogens with one attached hydrogen (secondary N) is 1. The van der Waals surface area contributed by atoms with Gasteiger partial charge in [-0.2, -0.15) is 4.98 Å². The average molecular weight is 602 g/mol. The van der Waals surface area contributed by atoms with E-state index in [2.05, 4.69) is 31.1 Å². The fourth-order valence-corrected chi connectivity index (χ4v) is 10.3. The molecule has 0 saturated carbocycles. The zero-order valence-corrected chi connectivity index (χ0v) is 25.6. The van der Waals surface area contributed by atoms with E-state index >= 15 is 4.39 Å². The van der Waals surface area contributed by atoms with E-state index in [0.717, 1.165) is 14.9 Å². The van der Waals surface area contributed by atoms with Gasteiger partial charge in [0.25, 0.3) is 14.2 Å². The number of anilines is 1. The van der Waals surface area contributed by atoms with E-state index in [9.17, 15) is 14.7 Å². The lowest BCUT2D eigenvalue weighted by Gasteiger charge is -2.43. The third kappa shape index (κ3) is 5.83. The molecule has 224 valence electrons. The summed E-state index contributed by atoms with van der Waals surface area (Å²) in [7, 11) is -2.99. The number of rotatable bonds is 8. The van der Waals surface area contributed by atoms with Gasteiger partial charge in [-0.3, -0.25) is 9.36 Å². The van der Waals surface area contributed by atoms with E-state index in [1.54, 1.807) is 30.3 Å². The smallest absolute Gasteiger partial charge is 0.351 e. The topological polar surface area (TPSA) is 103 Å². The van der Waals surface area contributed by atoms with Gasteiger partial charge in [-0.15, -0.1) is 0 Å². The second kappa shape index (κ2) is 12.0. The molecular weight excluding hydrogens is 565 g/mol. The first-order valence-corrected chi connectivity index (χ1v) is 16.1. The van der Waals surface area contributed by atoms with Gasteiger partial charge in [0.05, 0.1) is 6.61 Å². The van der Waals surface area contributed by atoms with Gasteiger partial charge < -0.3 is 19.6 Å². The Labute approximate surface area is 251 Å². The third-order valence-corrected chi connectivity index (χ3v) is 13.0. The molecule has 1 aliphatic heterocycles. The molecule has 1 aliphatic rings. The third-order valence-electron chi connectivity index (χ3n) is 7.96. The summed E-state index contributed by atoms with van der Waals surface area (Å²) in [6.07, 6.45) is -2.81. The van der Waals surface area contributed by atoms with Crippen LogP contribution in [0.4, 0.5) is 10.2 Å². The highest BCUT2D eigenvalue weighted by molar-refractivity contribution is 6.99. The van der Waals surface area contributed by atoms with E-state index in [4.69, 9.17) is 9.16 Å². The van der Waals surface area contributed by atoms with Crippen LogP contribution in [0.3, 0.4) is 0 Å². The molecule has 0 bridgehead atoms. The number of aliphatic hydroxyl groups is 1. The predicted octanol–water partition coefficient (Wildman–Crippen LogP) is 4.06. The molecule has 3 aromatic carbocycles. The van der Waals surface area contributed by atoms with Crippen molar-refractivity contribution in [3.63, 3.8) is 0 Å². The minimum absolute atomic E-state index is 0.0146. The first-order valence-electron chi connectivity index (χ1n) is 14.2. The van der Waals surface area contributed by atoms with E-state index in [1.165, 1.54) is 19.2 Å². The van der Waals surface area contributed by atoms with Crippen molar-refractivity contribution in [3.8, 4) is 0 Å². The maximum Gasteiger partial charge on any atom is 0.351 e. The van der Waals surface area contributed by atoms with Crippen molar-refractivity contribution in [2.75, 3.05) is 11.9 Å². The van der Waals surface area contributed by atoms with E-state index < -0.39 is 44.0 Å². The Kier molecular flexibility index (Phi) is 8.48. The van der Waals surface area contributed by atoms with Crippen LogP contribution in [-0.2, 0) is 9.16 Å². The van der Waals surface area contributed by atoms with Crippen molar-refractivity contribution in [1.82, 2.24) is 9.55 Å². The second-order valence-electron chi connectivity index (χ2n) is 11.9. The number of benzene rings is 3. The quantitative estimate of drug-likeness (QED) is 0.296. The Morgan fingerprint density at radius 3 is 2.05 bits per heavy atom. The zero-order chi connectivity index (χ0) is 30.8. The van der Waals surface area contributed by atoms with E-state index in [1.807, 2.05) is 60.7 Å². The molecule has 1 aromatic heterocycles. The molecule has 0 aliphatic carbocycles. The van der Waals surface area contributed by atoms with Crippen LogP contribution in [0.2, 0.25) is 5.04 Å². The van der Waals surface area contributed by atoms with Crippen molar-refractivity contribution < 1.29 is 23.5 Å². The fourth-order valence-electron chi connectivity index (χ4n) is 5.76. The van der Waals surface area contributed by atoms with Gasteiger partial charge in [0.15, 0.2) is 11.9 Å². The Hall–Kier alpha value is -3.96. The Morgan fingerprint density at radius 1 is 1.00 bits per heavy atom. The number of aromatic nitrogens is 2. The van der Waals surface area contributed by atoms with Crippen molar-refractivity contribution in [2.24, 2.45) is 0 Å². The summed E-state index contributed by atoms with van der Waals surface area (Å²) in [4.78, 5) is 29.4. The van der Waals surface area contributed by atoms with Crippen LogP contribution in [-0.4, -0.2) is 53.4 Å². The van der Waals surface area contributed by atoms with Gasteiger partial charge in [-0.1, -0.05) is 99.6 Å². The summed E-state index contributed by atoms with van der Waals surface area (Å²) in [6, 6.07) is 29.8. The second-order valence-corrected chi connectivity index (χ2v) is 16.2. The van der Waals surface area contributed by atoms with Crippen LogP contribution in [0.25, 0.3) is 0 Å². The van der Waals surface area contributed by atoms with Crippen LogP contribution in [0.5, 0.6) is 0 Å². The molecule has 4 atom stereocenters. The van der Waals surface area contributed by atoms with Crippen LogP contribution < -0.4 is 21.4 Å². The molecular formula is C33H36FN3O5Si. The first kappa shape index (κ1) is 30.5. The van der Waals surface area contributed by atoms with Crippen molar-refractivity contribution in [2.45, 2.75) is 56.8 Å². The Balaban J connectivity index is 1.41. The lowest BCUT2D eigenvalue weighted by molar-refractivity contribution is -0.0593. The molecule has 1 amide bonds. The van der Waals surface area contributed by atoms with Gasteiger partial charge in [-0.25, -0.2) is 9.18 Å². The summed E-state index contributed by atoms with van der Waals surface area (Å²) in [5, 5.41) is 15.4. The van der Waals surface area contributed by atoms with Crippen LogP contribution >= 0.6 is 0 Å². The Bertz CT molecular complexity index is 1570. The van der Waals surface area contributed by atoms with Gasteiger partial charge >= 0.3 is 5.69 Å². The average Bonchev–Trinajstić information content (AvgIpc) is 3.22. The molecule has 0 spiro atoms. The lowest BCUT2D eigenvalue weighted by atomic mass is 9.98. The maximum absolute atomic E-state index is 16.1. The number of ether oxygens (including phenoxy) is 1. The molecule has 2 heterocycles. The number of alkyl halides is 1. The molecule has 8 nitrogen and oxygen atoms in total. The van der Waals surface area contributed by atoms with Gasteiger partial charge in [-0.05, 0) is 40.5 Å². The van der Waals surface area contributed by atoms with Crippen LogP contribution in [0.15, 0.2) is 108 Å². The number of hydrogen-bond acceptors (Lipinski definition) is 6. The van der Waals surface area contributed by atoms with Crippen molar-refractivity contribution >= 4 is 30.4 Å². The molecule has 10 heteroatoms. The molecule has 4 unspecified atom stereocenters. The Morgan fingerprint density at radius 2 is 1.53 bits per heavy atom. The van der Waals surface area contributed by atoms with Crippen molar-refractivity contribution in [3.05, 3.63) is 119 Å². The minimum atomic E-state index is -2.99. The molecule has 2 N–H and O–H groups in total. The zero-order valence-electron chi connectivity index (χ0n) is 24.6. The molecule has 5 rings (SSSR count). The van der Waals surface area contributed by atoms with Crippen LogP contribution in [0, 0.1) is 0 Å². The van der Waals surface area contributed by atoms with Gasteiger partial charge in [0.2, 0.25) is 0 Å². The summed E-state index contributed by atoms with van der Waals surface area (Å²) < 4.78 is 30.0. The normalized spacial score (nSPS) is 22.3. The molecule has 43 heavy (non-hydrogen) atoms. The number of carbonyl (C=O) groups excluding carboxylic acids is 1. The van der Waals surface area contributed by atoms with E-state index in [0.29, 0.717) is 5.56 Å². The number of nitrogens with zero attached hydrogens (tertiary/aromatic N) is 2. The largest absolute Gasteiger partial charge is 0.405 e. The van der Waals surface area contributed by atoms with Gasteiger partial charge in [0.1, 0.15) is 18.0 Å².